The van der Waals surface area contributed by atoms with Crippen LogP contribution in [0.25, 0.3) is 11.2 Å². The van der Waals surface area contributed by atoms with Crippen molar-refractivity contribution in [2.45, 2.75) is 13.1 Å². The summed E-state index contributed by atoms with van der Waals surface area (Å²) in [6, 6.07) is 0. The summed E-state index contributed by atoms with van der Waals surface area (Å²) in [5, 5.41) is 0. The second-order valence-corrected chi connectivity index (χ2v) is 3.99. The fourth-order valence-corrected chi connectivity index (χ4v) is 1.90. The Labute approximate surface area is 115 Å². The third-order valence-corrected chi connectivity index (χ3v) is 2.77. The van der Waals surface area contributed by atoms with Crippen LogP contribution in [0.2, 0.25) is 0 Å². The molecule has 0 atom stereocenters. The first-order valence-corrected chi connectivity index (χ1v) is 5.53. The SMILES string of the molecule is C=CCn1c[n+](CC=C)c2[nH]c(=O)n(C)c(=O)c21.[Cl-]. The zero-order valence-electron chi connectivity index (χ0n) is 10.6. The minimum Gasteiger partial charge on any atom is -1.00 e. The van der Waals surface area contributed by atoms with Crippen molar-refractivity contribution in [1.82, 2.24) is 14.1 Å². The molecule has 2 aromatic heterocycles. The third kappa shape index (κ3) is 2.39. The van der Waals surface area contributed by atoms with Crippen molar-refractivity contribution in [3.05, 3.63) is 52.5 Å². The fourth-order valence-electron chi connectivity index (χ4n) is 1.90. The molecule has 0 fully saturated rings. The molecule has 0 radical (unpaired) electrons. The minimum absolute atomic E-state index is 0. The van der Waals surface area contributed by atoms with Gasteiger partial charge in [-0.2, -0.15) is 0 Å². The summed E-state index contributed by atoms with van der Waals surface area (Å²) >= 11 is 0. The average Bonchev–Trinajstić information content (AvgIpc) is 2.66. The van der Waals surface area contributed by atoms with Crippen LogP contribution < -0.4 is 28.2 Å². The molecule has 0 aliphatic heterocycles. The smallest absolute Gasteiger partial charge is 0.386 e. The predicted octanol–water partition coefficient (Wildman–Crippen LogP) is -3.31. The van der Waals surface area contributed by atoms with Crippen LogP contribution in [0, 0.1) is 0 Å². The highest BCUT2D eigenvalue weighted by molar-refractivity contribution is 5.65. The van der Waals surface area contributed by atoms with E-state index in [0.717, 1.165) is 4.57 Å². The first-order chi connectivity index (χ1) is 8.60. The fraction of sp³-hybridized carbons (Fsp3) is 0.250. The number of allylic oxidation sites excluding steroid dienone is 2. The van der Waals surface area contributed by atoms with Crippen LogP contribution in [-0.2, 0) is 20.1 Å². The summed E-state index contributed by atoms with van der Waals surface area (Å²) in [5.74, 6) is 0. The average molecular weight is 283 g/mol. The molecule has 7 heteroatoms. The van der Waals surface area contributed by atoms with E-state index in [1.165, 1.54) is 7.05 Å². The van der Waals surface area contributed by atoms with E-state index in [9.17, 15) is 9.59 Å². The molecule has 0 saturated carbocycles. The van der Waals surface area contributed by atoms with Gasteiger partial charge in [-0.25, -0.2) is 18.9 Å². The van der Waals surface area contributed by atoms with Gasteiger partial charge in [0.1, 0.15) is 0 Å². The molecule has 0 unspecified atom stereocenters. The van der Waals surface area contributed by atoms with Crippen molar-refractivity contribution in [2.24, 2.45) is 7.05 Å². The van der Waals surface area contributed by atoms with E-state index < -0.39 is 5.69 Å². The maximum atomic E-state index is 12.1. The molecule has 0 amide bonds. The largest absolute Gasteiger partial charge is 1.00 e. The molecule has 1 N–H and O–H groups in total. The standard InChI is InChI=1S/C12H14N4O2.ClH/c1-4-6-15-8-16(7-5-2)10-9(15)11(17)14(3)12(18)13-10;/h4-5,8H,1-2,6-7H2,3H3;1H. The molecular weight excluding hydrogens is 268 g/mol. The Kier molecular flexibility index (Phi) is 4.50. The molecule has 0 saturated heterocycles. The molecule has 0 aliphatic rings. The molecule has 0 aliphatic carbocycles. The summed E-state index contributed by atoms with van der Waals surface area (Å²) in [5.41, 5.74) is 0.212. The lowest BCUT2D eigenvalue weighted by atomic mass is 10.5. The molecule has 0 bridgehead atoms. The van der Waals surface area contributed by atoms with Crippen LogP contribution >= 0.6 is 0 Å². The summed E-state index contributed by atoms with van der Waals surface area (Å²) in [7, 11) is 1.45. The number of aromatic amines is 1. The molecule has 2 heterocycles. The van der Waals surface area contributed by atoms with Crippen molar-refractivity contribution in [3.8, 4) is 0 Å². The number of hydrogen-bond donors (Lipinski definition) is 1. The van der Waals surface area contributed by atoms with Crippen molar-refractivity contribution in [3.63, 3.8) is 0 Å². The third-order valence-electron chi connectivity index (χ3n) is 2.77. The van der Waals surface area contributed by atoms with Crippen LogP contribution in [-0.4, -0.2) is 14.1 Å². The molecule has 2 aromatic rings. The molecule has 6 nitrogen and oxygen atoms in total. The van der Waals surface area contributed by atoms with Gasteiger partial charge in [-0.05, 0) is 0 Å². The van der Waals surface area contributed by atoms with Gasteiger partial charge in [-0.1, -0.05) is 25.3 Å². The second kappa shape index (κ2) is 5.71. The number of rotatable bonds is 4. The molecule has 19 heavy (non-hydrogen) atoms. The maximum absolute atomic E-state index is 12.1. The van der Waals surface area contributed by atoms with Gasteiger partial charge in [0.15, 0.2) is 6.33 Å². The maximum Gasteiger partial charge on any atom is 0.386 e. The number of nitrogens with zero attached hydrogens (tertiary/aromatic N) is 3. The topological polar surface area (TPSA) is 63.7 Å². The molecule has 0 aromatic carbocycles. The highest BCUT2D eigenvalue weighted by atomic mass is 35.5. The van der Waals surface area contributed by atoms with Crippen molar-refractivity contribution >= 4 is 11.2 Å². The van der Waals surface area contributed by atoms with Gasteiger partial charge >= 0.3 is 11.2 Å². The second-order valence-electron chi connectivity index (χ2n) is 3.99. The summed E-state index contributed by atoms with van der Waals surface area (Å²) < 4.78 is 4.58. The van der Waals surface area contributed by atoms with E-state index in [1.54, 1.807) is 27.6 Å². The van der Waals surface area contributed by atoms with Gasteiger partial charge in [0.25, 0.3) is 5.65 Å². The number of nitrogens with one attached hydrogen (secondary N) is 1. The molecular formula is C12H15ClN4O2. The summed E-state index contributed by atoms with van der Waals surface area (Å²) in [6.45, 7) is 8.33. The Morgan fingerprint density at radius 2 is 2.05 bits per heavy atom. The van der Waals surface area contributed by atoms with E-state index in [-0.39, 0.29) is 18.0 Å². The summed E-state index contributed by atoms with van der Waals surface area (Å²) in [6.07, 6.45) is 5.17. The number of hydrogen-bond acceptors (Lipinski definition) is 2. The number of imidazole rings is 1. The Hall–Kier alpha value is -2.08. The van der Waals surface area contributed by atoms with Gasteiger partial charge in [0, 0.05) is 7.05 Å². The lowest BCUT2D eigenvalue weighted by Crippen LogP contribution is -3.00. The highest BCUT2D eigenvalue weighted by Gasteiger charge is 2.19. The summed E-state index contributed by atoms with van der Waals surface area (Å²) in [4.78, 5) is 26.4. The van der Waals surface area contributed by atoms with E-state index in [0.29, 0.717) is 24.3 Å². The normalized spacial score (nSPS) is 10.2. The molecule has 0 spiro atoms. The van der Waals surface area contributed by atoms with Gasteiger partial charge in [-0.3, -0.25) is 9.36 Å². The van der Waals surface area contributed by atoms with Crippen LogP contribution in [0.15, 0.2) is 41.2 Å². The molecule has 2 rings (SSSR count). The van der Waals surface area contributed by atoms with E-state index in [1.807, 2.05) is 0 Å². The zero-order chi connectivity index (χ0) is 13.3. The lowest BCUT2D eigenvalue weighted by molar-refractivity contribution is -0.663. The van der Waals surface area contributed by atoms with Gasteiger partial charge in [0.05, 0.1) is 13.1 Å². The quantitative estimate of drug-likeness (QED) is 0.472. The number of H-pyrrole nitrogens is 1. The number of aromatic nitrogens is 4. The monoisotopic (exact) mass is 282 g/mol. The van der Waals surface area contributed by atoms with Crippen molar-refractivity contribution in [2.75, 3.05) is 0 Å². The lowest BCUT2D eigenvalue weighted by Gasteiger charge is -1.95. The molecule has 102 valence electrons. The Balaban J connectivity index is 0.00000180. The van der Waals surface area contributed by atoms with Crippen molar-refractivity contribution in [1.29, 1.82) is 0 Å². The van der Waals surface area contributed by atoms with E-state index in [2.05, 4.69) is 18.1 Å². The van der Waals surface area contributed by atoms with Crippen LogP contribution in [0.5, 0.6) is 0 Å². The van der Waals surface area contributed by atoms with Gasteiger partial charge in [0.2, 0.25) is 5.52 Å². The Bertz CT molecular complexity index is 738. The number of halogens is 1. The van der Waals surface area contributed by atoms with Crippen LogP contribution in [0.1, 0.15) is 0 Å². The van der Waals surface area contributed by atoms with Crippen LogP contribution in [0.3, 0.4) is 0 Å². The van der Waals surface area contributed by atoms with Crippen LogP contribution in [0.4, 0.5) is 0 Å². The highest BCUT2D eigenvalue weighted by Crippen LogP contribution is 2.01. The van der Waals surface area contributed by atoms with Gasteiger partial charge in [-0.15, -0.1) is 0 Å². The first-order valence-electron chi connectivity index (χ1n) is 5.53. The Morgan fingerprint density at radius 3 is 2.63 bits per heavy atom. The first kappa shape index (κ1) is 15.0. The van der Waals surface area contributed by atoms with Crippen molar-refractivity contribution < 1.29 is 17.0 Å². The zero-order valence-corrected chi connectivity index (χ0v) is 11.4. The predicted molar refractivity (Wildman–Crippen MR) is 68.4 cm³/mol. The van der Waals surface area contributed by atoms with E-state index >= 15 is 0 Å². The van der Waals surface area contributed by atoms with Gasteiger partial charge < -0.3 is 12.4 Å². The number of fused-ring (bicyclic) bond motifs is 1. The minimum atomic E-state index is -0.429. The van der Waals surface area contributed by atoms with E-state index in [4.69, 9.17) is 0 Å². The Morgan fingerprint density at radius 1 is 1.37 bits per heavy atom.